The van der Waals surface area contributed by atoms with Crippen LogP contribution in [0.1, 0.15) is 38.1 Å². The van der Waals surface area contributed by atoms with Crippen molar-refractivity contribution in [3.05, 3.63) is 48.0 Å². The van der Waals surface area contributed by atoms with Gasteiger partial charge in [-0.1, -0.05) is 13.8 Å². The van der Waals surface area contributed by atoms with Crippen molar-refractivity contribution in [1.82, 2.24) is 0 Å². The molecule has 160 valence electrons. The topological polar surface area (TPSA) is 61.9 Å². The molecule has 1 aliphatic heterocycles. The zero-order valence-electron chi connectivity index (χ0n) is 18.7. The van der Waals surface area contributed by atoms with Gasteiger partial charge in [-0.2, -0.15) is 0 Å². The van der Waals surface area contributed by atoms with E-state index in [1.54, 1.807) is 23.1 Å². The van der Waals surface area contributed by atoms with Crippen LogP contribution in [0.5, 0.6) is 5.75 Å². The number of hydrogen-bond acceptors (Lipinski definition) is 4. The first kappa shape index (κ1) is 21.7. The van der Waals surface area contributed by atoms with E-state index in [4.69, 9.17) is 4.74 Å². The van der Waals surface area contributed by atoms with Gasteiger partial charge < -0.3 is 19.9 Å². The quantitative estimate of drug-likeness (QED) is 0.794. The molecule has 0 saturated heterocycles. The fraction of sp³-hybridized carbons (Fsp3) is 0.417. The number of rotatable bonds is 5. The summed E-state index contributed by atoms with van der Waals surface area (Å²) in [6.45, 7) is 8.85. The summed E-state index contributed by atoms with van der Waals surface area (Å²) in [5, 5.41) is 2.94. The van der Waals surface area contributed by atoms with Crippen LogP contribution in [0, 0.1) is 11.3 Å². The summed E-state index contributed by atoms with van der Waals surface area (Å²) in [4.78, 5) is 29.7. The number of fused-ring (bicyclic) bond motifs is 1. The highest BCUT2D eigenvalue weighted by atomic mass is 16.5. The Morgan fingerprint density at radius 3 is 2.43 bits per heavy atom. The molecule has 1 heterocycles. The van der Waals surface area contributed by atoms with Gasteiger partial charge in [0.1, 0.15) is 12.4 Å². The van der Waals surface area contributed by atoms with Gasteiger partial charge in [-0.25, -0.2) is 0 Å². The lowest BCUT2D eigenvalue weighted by Crippen LogP contribution is -2.43. The third-order valence-electron chi connectivity index (χ3n) is 5.11. The molecule has 1 N–H and O–H groups in total. The molecule has 0 saturated carbocycles. The summed E-state index contributed by atoms with van der Waals surface area (Å²) in [6.07, 6.45) is 0. The van der Waals surface area contributed by atoms with E-state index in [0.29, 0.717) is 41.8 Å². The number of nitrogens with zero attached hydrogens (tertiary/aromatic N) is 2. The second kappa shape index (κ2) is 8.38. The first-order valence-electron chi connectivity index (χ1n) is 10.3. The molecule has 0 fully saturated rings. The Hall–Kier alpha value is -3.02. The van der Waals surface area contributed by atoms with Crippen molar-refractivity contribution >= 4 is 28.9 Å². The van der Waals surface area contributed by atoms with Gasteiger partial charge in [0.05, 0.1) is 11.1 Å². The van der Waals surface area contributed by atoms with Crippen LogP contribution in [0.3, 0.4) is 0 Å². The third-order valence-corrected chi connectivity index (χ3v) is 5.11. The molecule has 1 aliphatic rings. The summed E-state index contributed by atoms with van der Waals surface area (Å²) < 4.78 is 5.95. The van der Waals surface area contributed by atoms with Crippen LogP contribution >= 0.6 is 0 Å². The maximum atomic E-state index is 13.2. The van der Waals surface area contributed by atoms with Gasteiger partial charge in [-0.3, -0.25) is 9.59 Å². The highest BCUT2D eigenvalue weighted by Crippen LogP contribution is 2.38. The minimum absolute atomic E-state index is 0.0256. The Labute approximate surface area is 178 Å². The maximum Gasteiger partial charge on any atom is 0.255 e. The summed E-state index contributed by atoms with van der Waals surface area (Å²) in [5.74, 6) is 0.779. The van der Waals surface area contributed by atoms with Crippen LogP contribution in [-0.4, -0.2) is 39.1 Å². The molecule has 0 aliphatic carbocycles. The highest BCUT2D eigenvalue weighted by molar-refractivity contribution is 6.05. The summed E-state index contributed by atoms with van der Waals surface area (Å²) in [7, 11) is 3.91. The molecule has 0 atom stereocenters. The van der Waals surface area contributed by atoms with Crippen molar-refractivity contribution in [2.75, 3.05) is 42.4 Å². The second-order valence-corrected chi connectivity index (χ2v) is 9.06. The van der Waals surface area contributed by atoms with E-state index in [2.05, 4.69) is 19.2 Å². The number of anilines is 3. The molecule has 30 heavy (non-hydrogen) atoms. The number of carbonyl (C=O) groups excluding carboxylic acids is 2. The van der Waals surface area contributed by atoms with Gasteiger partial charge >= 0.3 is 0 Å². The van der Waals surface area contributed by atoms with Crippen LogP contribution in [0.2, 0.25) is 0 Å². The Morgan fingerprint density at radius 1 is 1.17 bits per heavy atom. The molecule has 0 aromatic heterocycles. The first-order valence-corrected chi connectivity index (χ1v) is 10.3. The van der Waals surface area contributed by atoms with Crippen LogP contribution in [0.15, 0.2) is 42.5 Å². The fourth-order valence-corrected chi connectivity index (χ4v) is 3.38. The monoisotopic (exact) mass is 409 g/mol. The third kappa shape index (κ3) is 4.58. The zero-order chi connectivity index (χ0) is 22.1. The number of amides is 2. The number of ether oxygens (including phenoxy) is 1. The molecule has 0 bridgehead atoms. The molecule has 6 nitrogen and oxygen atoms in total. The van der Waals surface area contributed by atoms with Gasteiger partial charge in [0.2, 0.25) is 5.91 Å². The molecular formula is C24H31N3O3. The molecular weight excluding hydrogens is 378 g/mol. The number of carbonyl (C=O) groups is 2. The number of benzene rings is 2. The van der Waals surface area contributed by atoms with Gasteiger partial charge in [0.15, 0.2) is 0 Å². The summed E-state index contributed by atoms with van der Waals surface area (Å²) in [6, 6.07) is 12.9. The Balaban J connectivity index is 1.88. The van der Waals surface area contributed by atoms with E-state index in [1.165, 1.54) is 0 Å². The highest BCUT2D eigenvalue weighted by Gasteiger charge is 2.38. The normalized spacial score (nSPS) is 15.3. The fourth-order valence-electron chi connectivity index (χ4n) is 3.38. The minimum atomic E-state index is -0.620. The second-order valence-electron chi connectivity index (χ2n) is 9.06. The van der Waals surface area contributed by atoms with Crippen molar-refractivity contribution < 1.29 is 14.3 Å². The van der Waals surface area contributed by atoms with E-state index in [1.807, 2.05) is 57.1 Å². The van der Waals surface area contributed by atoms with Crippen molar-refractivity contribution in [1.29, 1.82) is 0 Å². The van der Waals surface area contributed by atoms with Crippen LogP contribution in [0.4, 0.5) is 17.1 Å². The van der Waals surface area contributed by atoms with E-state index in [-0.39, 0.29) is 11.8 Å². The molecule has 2 amide bonds. The van der Waals surface area contributed by atoms with E-state index in [0.717, 1.165) is 5.69 Å². The predicted octanol–water partition coefficient (Wildman–Crippen LogP) is 4.41. The molecule has 2 aromatic carbocycles. The SMILES string of the molecule is CC(C)CN1C(=O)C(C)(C)COc2ccc(NC(=O)c3ccc(N(C)C)cc3)cc21. The Kier molecular flexibility index (Phi) is 6.06. The number of nitrogens with one attached hydrogen (secondary N) is 1. The average molecular weight is 410 g/mol. The minimum Gasteiger partial charge on any atom is -0.490 e. The van der Waals surface area contributed by atoms with Crippen molar-refractivity contribution in [3.63, 3.8) is 0 Å². The Bertz CT molecular complexity index is 933. The van der Waals surface area contributed by atoms with Gasteiger partial charge in [-0.05, 0) is 62.2 Å². The van der Waals surface area contributed by atoms with Crippen molar-refractivity contribution in [3.8, 4) is 5.75 Å². The number of hydrogen-bond donors (Lipinski definition) is 1. The lowest BCUT2D eigenvalue weighted by molar-refractivity contribution is -0.127. The average Bonchev–Trinajstić information content (AvgIpc) is 2.78. The Morgan fingerprint density at radius 2 is 1.83 bits per heavy atom. The molecule has 0 spiro atoms. The molecule has 0 unspecified atom stereocenters. The van der Waals surface area contributed by atoms with E-state index in [9.17, 15) is 9.59 Å². The zero-order valence-corrected chi connectivity index (χ0v) is 18.7. The maximum absolute atomic E-state index is 13.2. The summed E-state index contributed by atoms with van der Waals surface area (Å²) in [5.41, 5.74) is 2.30. The van der Waals surface area contributed by atoms with Crippen LogP contribution < -0.4 is 19.9 Å². The van der Waals surface area contributed by atoms with E-state index >= 15 is 0 Å². The largest absolute Gasteiger partial charge is 0.490 e. The lowest BCUT2D eigenvalue weighted by Gasteiger charge is -2.29. The smallest absolute Gasteiger partial charge is 0.255 e. The molecule has 2 aromatic rings. The summed E-state index contributed by atoms with van der Waals surface area (Å²) >= 11 is 0. The van der Waals surface area contributed by atoms with Gasteiger partial charge in [0.25, 0.3) is 5.91 Å². The van der Waals surface area contributed by atoms with Gasteiger partial charge in [0, 0.05) is 37.6 Å². The van der Waals surface area contributed by atoms with Crippen molar-refractivity contribution in [2.45, 2.75) is 27.7 Å². The van der Waals surface area contributed by atoms with E-state index < -0.39 is 5.41 Å². The van der Waals surface area contributed by atoms with Gasteiger partial charge in [-0.15, -0.1) is 0 Å². The molecule has 6 heteroatoms. The predicted molar refractivity (Wildman–Crippen MR) is 122 cm³/mol. The lowest BCUT2D eigenvalue weighted by atomic mass is 9.92. The van der Waals surface area contributed by atoms with Crippen LogP contribution in [-0.2, 0) is 4.79 Å². The van der Waals surface area contributed by atoms with Crippen molar-refractivity contribution in [2.24, 2.45) is 11.3 Å². The first-order chi connectivity index (χ1) is 14.1. The standard InChI is InChI=1S/C24H31N3O3/c1-16(2)14-27-20-13-18(9-12-21(20)30-15-24(3,4)23(27)29)25-22(28)17-7-10-19(11-8-17)26(5)6/h7-13,16H,14-15H2,1-6H3,(H,25,28). The molecule has 3 rings (SSSR count). The van der Waals surface area contributed by atoms with Crippen LogP contribution in [0.25, 0.3) is 0 Å². The molecule has 0 radical (unpaired) electrons.